The van der Waals surface area contributed by atoms with Crippen molar-refractivity contribution in [3.63, 3.8) is 0 Å². The summed E-state index contributed by atoms with van der Waals surface area (Å²) in [5.41, 5.74) is 0.741. The number of esters is 1. The minimum absolute atomic E-state index is 0.0244. The second-order valence-electron chi connectivity index (χ2n) is 5.75. The molecule has 28 heavy (non-hydrogen) atoms. The van der Waals surface area contributed by atoms with Crippen molar-refractivity contribution in [2.75, 3.05) is 13.2 Å². The second kappa shape index (κ2) is 8.71. The summed E-state index contributed by atoms with van der Waals surface area (Å²) in [6.07, 6.45) is 6.67. The lowest BCUT2D eigenvalue weighted by Crippen LogP contribution is -2.30. The van der Waals surface area contributed by atoms with Crippen LogP contribution in [0.3, 0.4) is 0 Å². The molecular formula is C16H18N6O5S. The smallest absolute Gasteiger partial charge is 0.321 e. The summed E-state index contributed by atoms with van der Waals surface area (Å²) in [4.78, 5) is 19.9. The molecule has 0 aliphatic heterocycles. The first kappa shape index (κ1) is 19.6. The van der Waals surface area contributed by atoms with Gasteiger partial charge in [0.25, 0.3) is 0 Å². The highest BCUT2D eigenvalue weighted by atomic mass is 32.2. The number of hydrogen-bond donors (Lipinski definition) is 1. The van der Waals surface area contributed by atoms with Gasteiger partial charge in [-0.25, -0.2) is 8.42 Å². The van der Waals surface area contributed by atoms with Crippen LogP contribution in [0.15, 0.2) is 46.3 Å². The molecule has 0 spiro atoms. The van der Waals surface area contributed by atoms with Crippen LogP contribution >= 0.6 is 0 Å². The Morgan fingerprint density at radius 1 is 1.36 bits per heavy atom. The molecule has 0 bridgehead atoms. The predicted molar refractivity (Wildman–Crippen MR) is 95.2 cm³/mol. The summed E-state index contributed by atoms with van der Waals surface area (Å²) in [6.45, 7) is -0.374. The molecule has 0 fully saturated rings. The monoisotopic (exact) mass is 406 g/mol. The number of nitrogens with zero attached hydrogens (tertiary/aromatic N) is 5. The van der Waals surface area contributed by atoms with E-state index in [0.717, 1.165) is 5.56 Å². The highest BCUT2D eigenvalue weighted by molar-refractivity contribution is 7.89. The topological polar surface area (TPSA) is 142 Å². The van der Waals surface area contributed by atoms with Crippen molar-refractivity contribution in [1.82, 2.24) is 29.6 Å². The maximum Gasteiger partial charge on any atom is 0.321 e. The SMILES string of the molecule is Cn1cc(S(=O)(=O)NCC(=O)OCCCc2nc(-c3cccnc3)no2)cn1. The lowest BCUT2D eigenvalue weighted by Gasteiger charge is -2.05. The number of carbonyl (C=O) groups is 1. The molecule has 148 valence electrons. The van der Waals surface area contributed by atoms with E-state index in [2.05, 4.69) is 24.9 Å². The Labute approximate surface area is 160 Å². The Morgan fingerprint density at radius 3 is 2.93 bits per heavy atom. The van der Waals surface area contributed by atoms with Crippen molar-refractivity contribution in [3.05, 3.63) is 42.8 Å². The normalized spacial score (nSPS) is 11.5. The number of nitrogens with one attached hydrogen (secondary N) is 1. The molecule has 3 aromatic heterocycles. The highest BCUT2D eigenvalue weighted by Gasteiger charge is 2.17. The molecule has 0 unspecified atom stereocenters. The summed E-state index contributed by atoms with van der Waals surface area (Å²) >= 11 is 0. The minimum atomic E-state index is -3.80. The first-order chi connectivity index (χ1) is 13.4. The van der Waals surface area contributed by atoms with Crippen molar-refractivity contribution >= 4 is 16.0 Å². The zero-order chi connectivity index (χ0) is 20.0. The van der Waals surface area contributed by atoms with Crippen molar-refractivity contribution < 1.29 is 22.5 Å². The number of pyridine rings is 1. The summed E-state index contributed by atoms with van der Waals surface area (Å²) in [7, 11) is -2.21. The predicted octanol–water partition coefficient (Wildman–Crippen LogP) is 0.319. The van der Waals surface area contributed by atoms with Crippen LogP contribution in [0.2, 0.25) is 0 Å². The molecule has 0 aliphatic carbocycles. The van der Waals surface area contributed by atoms with Gasteiger partial charge in [0.15, 0.2) is 0 Å². The van der Waals surface area contributed by atoms with Gasteiger partial charge in [0.1, 0.15) is 11.4 Å². The molecule has 11 nitrogen and oxygen atoms in total. The molecule has 3 aromatic rings. The number of aryl methyl sites for hydroxylation is 2. The molecule has 0 atom stereocenters. The molecule has 0 aliphatic rings. The molecule has 0 saturated carbocycles. The Kier molecular flexibility index (Phi) is 6.11. The number of aromatic nitrogens is 5. The summed E-state index contributed by atoms with van der Waals surface area (Å²) in [5.74, 6) is 0.158. The maximum absolute atomic E-state index is 12.0. The van der Waals surface area contributed by atoms with Gasteiger partial charge in [0, 0.05) is 37.6 Å². The van der Waals surface area contributed by atoms with E-state index < -0.39 is 22.5 Å². The molecule has 3 rings (SSSR count). The van der Waals surface area contributed by atoms with E-state index in [-0.39, 0.29) is 11.5 Å². The number of ether oxygens (including phenoxy) is 1. The van der Waals surface area contributed by atoms with E-state index in [1.54, 1.807) is 25.5 Å². The molecular weight excluding hydrogens is 388 g/mol. The molecule has 1 N–H and O–H groups in total. The number of carbonyl (C=O) groups excluding carboxylic acids is 1. The van der Waals surface area contributed by atoms with Crippen LogP contribution in [0, 0.1) is 0 Å². The molecule has 0 amide bonds. The fourth-order valence-corrected chi connectivity index (χ4v) is 3.16. The van der Waals surface area contributed by atoms with E-state index >= 15 is 0 Å². The first-order valence-corrected chi connectivity index (χ1v) is 9.79. The fraction of sp³-hybridized carbons (Fsp3) is 0.312. The third-order valence-electron chi connectivity index (χ3n) is 3.58. The molecule has 12 heteroatoms. The Hall–Kier alpha value is -3.12. The van der Waals surface area contributed by atoms with Gasteiger partial charge >= 0.3 is 5.97 Å². The molecule has 3 heterocycles. The number of rotatable bonds is 9. The Morgan fingerprint density at radius 2 is 2.21 bits per heavy atom. The van der Waals surface area contributed by atoms with Gasteiger partial charge in [0.2, 0.25) is 21.7 Å². The maximum atomic E-state index is 12.0. The molecule has 0 saturated heterocycles. The largest absolute Gasteiger partial charge is 0.465 e. The lowest BCUT2D eigenvalue weighted by molar-refractivity contribution is -0.142. The summed E-state index contributed by atoms with van der Waals surface area (Å²) in [6, 6.07) is 3.59. The van der Waals surface area contributed by atoms with Gasteiger partial charge in [0.05, 0.1) is 12.8 Å². The van der Waals surface area contributed by atoms with E-state index in [4.69, 9.17) is 9.26 Å². The van der Waals surface area contributed by atoms with Crippen molar-refractivity contribution in [2.24, 2.45) is 7.05 Å². The number of hydrogen-bond acceptors (Lipinski definition) is 9. The van der Waals surface area contributed by atoms with E-state index in [1.165, 1.54) is 17.1 Å². The average Bonchev–Trinajstić information content (AvgIpc) is 3.34. The van der Waals surface area contributed by atoms with Crippen molar-refractivity contribution in [3.8, 4) is 11.4 Å². The van der Waals surface area contributed by atoms with Crippen molar-refractivity contribution in [1.29, 1.82) is 0 Å². The third kappa shape index (κ3) is 5.20. The van der Waals surface area contributed by atoms with Crippen LogP contribution in [-0.4, -0.2) is 52.4 Å². The minimum Gasteiger partial charge on any atom is -0.465 e. The Balaban J connectivity index is 1.38. The quantitative estimate of drug-likeness (QED) is 0.392. The first-order valence-electron chi connectivity index (χ1n) is 8.31. The van der Waals surface area contributed by atoms with Crippen LogP contribution in [0.1, 0.15) is 12.3 Å². The highest BCUT2D eigenvalue weighted by Crippen LogP contribution is 2.14. The van der Waals surface area contributed by atoms with Gasteiger partial charge in [-0.3, -0.25) is 14.5 Å². The van der Waals surface area contributed by atoms with Crippen molar-refractivity contribution in [2.45, 2.75) is 17.7 Å². The van der Waals surface area contributed by atoms with E-state index in [0.29, 0.717) is 24.6 Å². The van der Waals surface area contributed by atoms with Crippen LogP contribution in [-0.2, 0) is 33.0 Å². The van der Waals surface area contributed by atoms with E-state index in [1.807, 2.05) is 6.07 Å². The van der Waals surface area contributed by atoms with Crippen LogP contribution in [0.25, 0.3) is 11.4 Å². The van der Waals surface area contributed by atoms with Gasteiger partial charge in [-0.05, 0) is 18.6 Å². The Bertz CT molecular complexity index is 1030. The van der Waals surface area contributed by atoms with Crippen LogP contribution in [0.5, 0.6) is 0 Å². The van der Waals surface area contributed by atoms with Gasteiger partial charge in [-0.2, -0.15) is 14.8 Å². The molecule has 0 aromatic carbocycles. The third-order valence-corrected chi connectivity index (χ3v) is 4.94. The standard InChI is InChI=1S/C16H18N6O5S/c1-22-11-13(9-18-22)28(24,25)19-10-15(23)26-7-3-5-14-20-16(21-27-14)12-4-2-6-17-8-12/h2,4,6,8-9,11,19H,3,5,7,10H2,1H3. The lowest BCUT2D eigenvalue weighted by atomic mass is 10.3. The number of sulfonamides is 1. The van der Waals surface area contributed by atoms with Gasteiger partial charge < -0.3 is 9.26 Å². The van der Waals surface area contributed by atoms with Gasteiger partial charge in [-0.1, -0.05) is 5.16 Å². The van der Waals surface area contributed by atoms with Crippen LogP contribution < -0.4 is 4.72 Å². The zero-order valence-corrected chi connectivity index (χ0v) is 15.8. The average molecular weight is 406 g/mol. The van der Waals surface area contributed by atoms with Crippen LogP contribution in [0.4, 0.5) is 0 Å². The summed E-state index contributed by atoms with van der Waals surface area (Å²) in [5, 5.41) is 7.65. The van der Waals surface area contributed by atoms with Gasteiger partial charge in [-0.15, -0.1) is 0 Å². The fourth-order valence-electron chi connectivity index (χ4n) is 2.20. The zero-order valence-electron chi connectivity index (χ0n) is 15.0. The summed E-state index contributed by atoms with van der Waals surface area (Å²) < 4.78 is 37.6. The second-order valence-corrected chi connectivity index (χ2v) is 7.52. The van der Waals surface area contributed by atoms with E-state index in [9.17, 15) is 13.2 Å². The molecule has 0 radical (unpaired) electrons.